The zero-order chi connectivity index (χ0) is 17.2. The van der Waals surface area contributed by atoms with E-state index in [9.17, 15) is 4.79 Å². The van der Waals surface area contributed by atoms with Gasteiger partial charge in [0.05, 0.1) is 18.9 Å². The van der Waals surface area contributed by atoms with Crippen molar-refractivity contribution < 1.29 is 13.9 Å². The van der Waals surface area contributed by atoms with Crippen molar-refractivity contribution in [2.24, 2.45) is 0 Å². The van der Waals surface area contributed by atoms with Gasteiger partial charge in [-0.2, -0.15) is 0 Å². The Hall–Kier alpha value is -1.63. The number of thiophene rings is 1. The Morgan fingerprint density at radius 3 is 3.00 bits per heavy atom. The second-order valence-electron chi connectivity index (χ2n) is 6.88. The molecule has 1 amide bonds. The third kappa shape index (κ3) is 3.81. The Kier molecular flexibility index (Phi) is 4.92. The molecule has 0 aromatic carbocycles. The number of hydrogen-bond acceptors (Lipinski definition) is 5. The van der Waals surface area contributed by atoms with Crippen molar-refractivity contribution in [3.05, 3.63) is 46.0 Å². The Bertz CT molecular complexity index is 712. The average molecular weight is 360 g/mol. The third-order valence-electron chi connectivity index (χ3n) is 5.13. The van der Waals surface area contributed by atoms with Gasteiger partial charge in [0, 0.05) is 28.9 Å². The molecule has 0 saturated carbocycles. The van der Waals surface area contributed by atoms with E-state index in [1.807, 2.05) is 23.5 Å². The molecule has 25 heavy (non-hydrogen) atoms. The van der Waals surface area contributed by atoms with Crippen molar-refractivity contribution in [3.63, 3.8) is 0 Å². The lowest BCUT2D eigenvalue weighted by atomic mass is 9.98. The number of hydrogen-bond donors (Lipinski definition) is 1. The van der Waals surface area contributed by atoms with Crippen LogP contribution in [0.4, 0.5) is 0 Å². The molecule has 0 spiro atoms. The zero-order valence-corrected chi connectivity index (χ0v) is 15.3. The number of ether oxygens (including phenoxy) is 1. The van der Waals surface area contributed by atoms with E-state index in [1.54, 1.807) is 6.26 Å². The Morgan fingerprint density at radius 1 is 1.32 bits per heavy atom. The summed E-state index contributed by atoms with van der Waals surface area (Å²) in [4.78, 5) is 17.7. The fourth-order valence-electron chi connectivity index (χ4n) is 3.88. The molecule has 0 aliphatic carbocycles. The number of likely N-dealkylation sites (tertiary alicyclic amines) is 1. The summed E-state index contributed by atoms with van der Waals surface area (Å²) in [7, 11) is 0. The van der Waals surface area contributed by atoms with Gasteiger partial charge in [0.15, 0.2) is 0 Å². The third-order valence-corrected chi connectivity index (χ3v) is 6.11. The van der Waals surface area contributed by atoms with Crippen LogP contribution in [-0.4, -0.2) is 35.6 Å². The summed E-state index contributed by atoms with van der Waals surface area (Å²) < 4.78 is 11.4. The number of rotatable bonds is 5. The Labute approximate surface area is 152 Å². The summed E-state index contributed by atoms with van der Waals surface area (Å²) in [5.41, 5.74) is 0. The van der Waals surface area contributed by atoms with Crippen molar-refractivity contribution in [2.75, 3.05) is 6.54 Å². The number of carbonyl (C=O) groups excluding carboxylic acids is 1. The minimum atomic E-state index is -0.333. The lowest BCUT2D eigenvalue weighted by Gasteiger charge is -2.35. The highest BCUT2D eigenvalue weighted by atomic mass is 32.1. The lowest BCUT2D eigenvalue weighted by Crippen LogP contribution is -2.47. The van der Waals surface area contributed by atoms with E-state index in [2.05, 4.69) is 29.3 Å². The largest absolute Gasteiger partial charge is 0.467 e. The number of fused-ring (bicyclic) bond motifs is 1. The molecule has 0 bridgehead atoms. The van der Waals surface area contributed by atoms with Crippen LogP contribution in [0.2, 0.25) is 0 Å². The molecule has 4 heterocycles. The van der Waals surface area contributed by atoms with E-state index in [-0.39, 0.29) is 18.1 Å². The first-order valence-electron chi connectivity index (χ1n) is 8.94. The molecule has 2 aromatic rings. The first-order chi connectivity index (χ1) is 12.2. The summed E-state index contributed by atoms with van der Waals surface area (Å²) in [6, 6.07) is 8.54. The van der Waals surface area contributed by atoms with E-state index in [0.717, 1.165) is 38.1 Å². The van der Waals surface area contributed by atoms with Gasteiger partial charge in [-0.05, 0) is 50.5 Å². The molecule has 2 aliphatic heterocycles. The van der Waals surface area contributed by atoms with Gasteiger partial charge in [-0.3, -0.25) is 9.69 Å². The average Bonchev–Trinajstić information content (AvgIpc) is 3.35. The highest BCUT2D eigenvalue weighted by Crippen LogP contribution is 2.33. The molecule has 0 unspecified atom stereocenters. The van der Waals surface area contributed by atoms with E-state index in [1.165, 1.54) is 9.75 Å². The second kappa shape index (κ2) is 7.32. The maximum atomic E-state index is 12.4. The monoisotopic (exact) mass is 360 g/mol. The van der Waals surface area contributed by atoms with Crippen molar-refractivity contribution >= 4 is 17.2 Å². The van der Waals surface area contributed by atoms with Crippen LogP contribution in [-0.2, 0) is 22.6 Å². The van der Waals surface area contributed by atoms with E-state index < -0.39 is 0 Å². The number of nitrogens with zero attached hydrogens (tertiary/aromatic N) is 1. The molecule has 4 rings (SSSR count). The van der Waals surface area contributed by atoms with Gasteiger partial charge in [-0.15, -0.1) is 11.3 Å². The predicted molar refractivity (Wildman–Crippen MR) is 96.3 cm³/mol. The summed E-state index contributed by atoms with van der Waals surface area (Å²) in [5.74, 6) is 0.738. The first kappa shape index (κ1) is 16.8. The minimum absolute atomic E-state index is 0.0258. The Morgan fingerprint density at radius 2 is 2.24 bits per heavy atom. The fourth-order valence-corrected chi connectivity index (χ4v) is 4.79. The summed E-state index contributed by atoms with van der Waals surface area (Å²) in [6.07, 6.45) is 4.27. The van der Waals surface area contributed by atoms with Crippen molar-refractivity contribution in [3.8, 4) is 0 Å². The molecule has 2 saturated heterocycles. The second-order valence-corrected chi connectivity index (χ2v) is 8.25. The van der Waals surface area contributed by atoms with Crippen LogP contribution in [0, 0.1) is 6.92 Å². The zero-order valence-electron chi connectivity index (χ0n) is 14.4. The molecular weight excluding hydrogens is 336 g/mol. The van der Waals surface area contributed by atoms with Gasteiger partial charge in [0.25, 0.3) is 0 Å². The van der Waals surface area contributed by atoms with Crippen LogP contribution in [0.15, 0.2) is 34.9 Å². The number of carbonyl (C=O) groups is 1. The molecule has 5 nitrogen and oxygen atoms in total. The molecular formula is C19H24N2O3S. The molecule has 0 radical (unpaired) electrons. The van der Waals surface area contributed by atoms with Gasteiger partial charge >= 0.3 is 0 Å². The van der Waals surface area contributed by atoms with Crippen LogP contribution < -0.4 is 5.32 Å². The highest BCUT2D eigenvalue weighted by Gasteiger charge is 2.41. The van der Waals surface area contributed by atoms with Crippen LogP contribution in [0.1, 0.15) is 34.8 Å². The quantitative estimate of drug-likeness (QED) is 0.890. The topological polar surface area (TPSA) is 54.7 Å². The maximum absolute atomic E-state index is 12.4. The molecule has 3 atom stereocenters. The van der Waals surface area contributed by atoms with E-state index in [0.29, 0.717) is 12.6 Å². The van der Waals surface area contributed by atoms with Crippen molar-refractivity contribution in [2.45, 2.75) is 57.5 Å². The van der Waals surface area contributed by atoms with Crippen LogP contribution in [0.3, 0.4) is 0 Å². The first-order valence-corrected chi connectivity index (χ1v) is 9.75. The van der Waals surface area contributed by atoms with Crippen LogP contribution in [0.25, 0.3) is 0 Å². The number of amides is 1. The predicted octanol–water partition coefficient (Wildman–Crippen LogP) is 3.09. The van der Waals surface area contributed by atoms with Crippen LogP contribution in [0.5, 0.6) is 0 Å². The van der Waals surface area contributed by atoms with Gasteiger partial charge in [0.2, 0.25) is 5.91 Å². The number of aryl methyl sites for hydroxylation is 1. The normalized spacial score (nSPS) is 26.5. The number of furan rings is 1. The molecule has 2 aromatic heterocycles. The molecule has 1 N–H and O–H groups in total. The Balaban J connectivity index is 1.29. The lowest BCUT2D eigenvalue weighted by molar-refractivity contribution is -0.144. The smallest absolute Gasteiger partial charge is 0.249 e. The van der Waals surface area contributed by atoms with Crippen molar-refractivity contribution in [1.82, 2.24) is 10.2 Å². The van der Waals surface area contributed by atoms with E-state index in [4.69, 9.17) is 9.15 Å². The SMILES string of the molecule is Cc1ccc(CN2CC[C@@H]3O[C@H](C(=O)NCc4ccco4)CC[C@@H]32)s1. The summed E-state index contributed by atoms with van der Waals surface area (Å²) in [6.45, 7) is 4.62. The van der Waals surface area contributed by atoms with Gasteiger partial charge < -0.3 is 14.5 Å². The fraction of sp³-hybridized carbons (Fsp3) is 0.526. The molecule has 2 fully saturated rings. The van der Waals surface area contributed by atoms with Gasteiger partial charge in [0.1, 0.15) is 11.9 Å². The van der Waals surface area contributed by atoms with Crippen LogP contribution >= 0.6 is 11.3 Å². The van der Waals surface area contributed by atoms with Gasteiger partial charge in [-0.1, -0.05) is 0 Å². The molecule has 2 aliphatic rings. The summed E-state index contributed by atoms with van der Waals surface area (Å²) >= 11 is 1.87. The standard InChI is InChI=1S/C19H24N2O3S/c1-13-4-5-15(25-13)12-21-9-8-17-16(21)6-7-18(24-17)19(22)20-11-14-3-2-10-23-14/h2-5,10,16-18H,6-9,11-12H2,1H3,(H,20,22)/t16-,17-,18-/m0/s1. The molecule has 134 valence electrons. The highest BCUT2D eigenvalue weighted by molar-refractivity contribution is 7.11. The van der Waals surface area contributed by atoms with E-state index >= 15 is 0 Å². The maximum Gasteiger partial charge on any atom is 0.249 e. The van der Waals surface area contributed by atoms with Gasteiger partial charge in [-0.25, -0.2) is 0 Å². The summed E-state index contributed by atoms with van der Waals surface area (Å²) in [5, 5.41) is 2.92. The minimum Gasteiger partial charge on any atom is -0.467 e. The molecule has 6 heteroatoms. The van der Waals surface area contributed by atoms with Crippen molar-refractivity contribution in [1.29, 1.82) is 0 Å². The number of nitrogens with one attached hydrogen (secondary N) is 1.